The van der Waals surface area contributed by atoms with E-state index in [2.05, 4.69) is 16.0 Å². The molecular weight excluding hydrogens is 298 g/mol. The molecule has 2 aliphatic heterocycles. The summed E-state index contributed by atoms with van der Waals surface area (Å²) in [5, 5.41) is 0. The number of rotatable bonds is 3. The maximum atomic E-state index is 12.1. The monoisotopic (exact) mass is 323 g/mol. The number of hydrogen-bond acceptors (Lipinski definition) is 4. The summed E-state index contributed by atoms with van der Waals surface area (Å²) in [5.74, 6) is 0. The van der Waals surface area contributed by atoms with Crippen molar-refractivity contribution in [2.24, 2.45) is 0 Å². The first-order valence-corrected chi connectivity index (χ1v) is 9.87. The van der Waals surface area contributed by atoms with Gasteiger partial charge in [-0.25, -0.2) is 8.42 Å². The van der Waals surface area contributed by atoms with E-state index >= 15 is 0 Å². The Morgan fingerprint density at radius 1 is 1.23 bits per heavy atom. The largest absolute Gasteiger partial charge is 0.296 e. The van der Waals surface area contributed by atoms with Gasteiger partial charge in [-0.05, 0) is 51.3 Å². The van der Waals surface area contributed by atoms with Crippen LogP contribution in [0.25, 0.3) is 0 Å². The van der Waals surface area contributed by atoms with E-state index in [1.165, 1.54) is 6.26 Å². The molecule has 3 rings (SSSR count). The molecule has 0 saturated carbocycles. The lowest BCUT2D eigenvalue weighted by molar-refractivity contribution is 0.0833. The molecule has 0 aromatic carbocycles. The van der Waals surface area contributed by atoms with Crippen LogP contribution in [0.3, 0.4) is 0 Å². The van der Waals surface area contributed by atoms with Crippen LogP contribution in [0.1, 0.15) is 37.1 Å². The van der Waals surface area contributed by atoms with Crippen LogP contribution in [0.2, 0.25) is 0 Å². The fourth-order valence-corrected chi connectivity index (χ4v) is 5.50. The van der Waals surface area contributed by atoms with Crippen LogP contribution in [0.15, 0.2) is 18.2 Å². The highest BCUT2D eigenvalue weighted by atomic mass is 32.2. The number of sulfonamides is 1. The minimum Gasteiger partial charge on any atom is -0.296 e. The Balaban J connectivity index is 1.76. The van der Waals surface area contributed by atoms with Gasteiger partial charge in [0.1, 0.15) is 0 Å². The van der Waals surface area contributed by atoms with Gasteiger partial charge < -0.3 is 0 Å². The first-order valence-electron chi connectivity index (χ1n) is 8.02. The summed E-state index contributed by atoms with van der Waals surface area (Å²) >= 11 is 0. The van der Waals surface area contributed by atoms with Crippen LogP contribution >= 0.6 is 0 Å². The van der Waals surface area contributed by atoms with Crippen LogP contribution in [0.5, 0.6) is 0 Å². The van der Waals surface area contributed by atoms with Gasteiger partial charge in [-0.3, -0.25) is 9.88 Å². The Morgan fingerprint density at radius 2 is 1.95 bits per heavy atom. The maximum absolute atomic E-state index is 12.1. The molecule has 6 heteroatoms. The fourth-order valence-electron chi connectivity index (χ4n) is 4.10. The third kappa shape index (κ3) is 3.19. The molecule has 0 amide bonds. The van der Waals surface area contributed by atoms with Crippen molar-refractivity contribution in [2.75, 3.05) is 25.9 Å². The zero-order chi connectivity index (χ0) is 15.8. The average molecular weight is 323 g/mol. The SMILES string of the molecule is Cc1cccc(CN2CCC[C@@]3(CCCN3S(C)(=O)=O)C2)n1. The van der Waals surface area contributed by atoms with Gasteiger partial charge in [0.2, 0.25) is 10.0 Å². The lowest BCUT2D eigenvalue weighted by Gasteiger charge is -2.44. The lowest BCUT2D eigenvalue weighted by Crippen LogP contribution is -2.56. The summed E-state index contributed by atoms with van der Waals surface area (Å²) < 4.78 is 26.0. The van der Waals surface area contributed by atoms with Crippen molar-refractivity contribution in [3.8, 4) is 0 Å². The van der Waals surface area contributed by atoms with Gasteiger partial charge >= 0.3 is 0 Å². The zero-order valence-electron chi connectivity index (χ0n) is 13.5. The number of likely N-dealkylation sites (tertiary alicyclic amines) is 1. The number of aromatic nitrogens is 1. The molecule has 3 heterocycles. The summed E-state index contributed by atoms with van der Waals surface area (Å²) in [4.78, 5) is 6.95. The lowest BCUT2D eigenvalue weighted by atomic mass is 9.87. The molecule has 5 nitrogen and oxygen atoms in total. The average Bonchev–Trinajstić information content (AvgIpc) is 2.82. The second kappa shape index (κ2) is 5.91. The molecular formula is C16H25N3O2S. The van der Waals surface area contributed by atoms with E-state index in [-0.39, 0.29) is 5.54 Å². The first kappa shape index (κ1) is 15.9. The van der Waals surface area contributed by atoms with Crippen molar-refractivity contribution in [2.45, 2.75) is 44.7 Å². The van der Waals surface area contributed by atoms with E-state index in [1.807, 2.05) is 19.1 Å². The summed E-state index contributed by atoms with van der Waals surface area (Å²) in [6.45, 7) is 5.34. The molecule has 2 saturated heterocycles. The Labute approximate surface area is 133 Å². The number of piperidine rings is 1. The number of pyridine rings is 1. The highest BCUT2D eigenvalue weighted by Crippen LogP contribution is 2.39. The van der Waals surface area contributed by atoms with E-state index in [1.54, 1.807) is 4.31 Å². The molecule has 1 aromatic rings. The fraction of sp³-hybridized carbons (Fsp3) is 0.688. The summed E-state index contributed by atoms with van der Waals surface area (Å²) in [5.41, 5.74) is 1.92. The van der Waals surface area contributed by atoms with Gasteiger partial charge in [0, 0.05) is 30.9 Å². The first-order chi connectivity index (χ1) is 10.4. The van der Waals surface area contributed by atoms with Crippen LogP contribution in [0, 0.1) is 6.92 Å². The Hall–Kier alpha value is -0.980. The second-order valence-electron chi connectivity index (χ2n) is 6.75. The van der Waals surface area contributed by atoms with Gasteiger partial charge in [-0.2, -0.15) is 4.31 Å². The van der Waals surface area contributed by atoms with Crippen LogP contribution < -0.4 is 0 Å². The van der Waals surface area contributed by atoms with E-state index in [0.29, 0.717) is 6.54 Å². The van der Waals surface area contributed by atoms with E-state index in [4.69, 9.17) is 0 Å². The van der Waals surface area contributed by atoms with Gasteiger partial charge in [-0.1, -0.05) is 6.07 Å². The molecule has 0 bridgehead atoms. The van der Waals surface area contributed by atoms with Crippen LogP contribution in [-0.4, -0.2) is 54.0 Å². The predicted octanol–water partition coefficient (Wildman–Crippen LogP) is 1.78. The topological polar surface area (TPSA) is 53.5 Å². The summed E-state index contributed by atoms with van der Waals surface area (Å²) in [7, 11) is -3.12. The highest BCUT2D eigenvalue weighted by Gasteiger charge is 2.47. The van der Waals surface area contributed by atoms with E-state index in [0.717, 1.165) is 56.7 Å². The molecule has 122 valence electrons. The molecule has 1 aromatic heterocycles. The molecule has 0 unspecified atom stereocenters. The summed E-state index contributed by atoms with van der Waals surface area (Å²) in [6.07, 6.45) is 5.35. The van der Waals surface area contributed by atoms with Gasteiger partial charge in [0.25, 0.3) is 0 Å². The zero-order valence-corrected chi connectivity index (χ0v) is 14.3. The predicted molar refractivity (Wildman–Crippen MR) is 87.0 cm³/mol. The molecule has 1 atom stereocenters. The van der Waals surface area contributed by atoms with Gasteiger partial charge in [0.15, 0.2) is 0 Å². The highest BCUT2D eigenvalue weighted by molar-refractivity contribution is 7.88. The molecule has 22 heavy (non-hydrogen) atoms. The Morgan fingerprint density at radius 3 is 2.64 bits per heavy atom. The van der Waals surface area contributed by atoms with Crippen LogP contribution in [-0.2, 0) is 16.6 Å². The number of hydrogen-bond donors (Lipinski definition) is 0. The third-order valence-corrected chi connectivity index (χ3v) is 6.27. The van der Waals surface area contributed by atoms with Crippen molar-refractivity contribution in [1.29, 1.82) is 0 Å². The van der Waals surface area contributed by atoms with Crippen LogP contribution in [0.4, 0.5) is 0 Å². The smallest absolute Gasteiger partial charge is 0.211 e. The minimum absolute atomic E-state index is 0.185. The van der Waals surface area contributed by atoms with Crippen molar-refractivity contribution in [1.82, 2.24) is 14.2 Å². The maximum Gasteiger partial charge on any atom is 0.211 e. The molecule has 0 aliphatic carbocycles. The molecule has 0 radical (unpaired) electrons. The van der Waals surface area contributed by atoms with Gasteiger partial charge in [-0.15, -0.1) is 0 Å². The quantitative estimate of drug-likeness (QED) is 0.851. The number of aryl methyl sites for hydroxylation is 1. The standard InChI is InChI=1S/C16H25N3O2S/c1-14-6-3-7-15(17-14)12-18-10-4-8-16(13-18)9-5-11-19(16)22(2,20)21/h3,6-7H,4-5,8-13H2,1-2H3/t16-/m1/s1. The molecule has 0 N–H and O–H groups in total. The Bertz CT molecular complexity index is 647. The summed E-state index contributed by atoms with van der Waals surface area (Å²) in [6, 6.07) is 6.09. The van der Waals surface area contributed by atoms with E-state index < -0.39 is 10.0 Å². The van der Waals surface area contributed by atoms with Crippen molar-refractivity contribution in [3.63, 3.8) is 0 Å². The van der Waals surface area contributed by atoms with Crippen molar-refractivity contribution >= 4 is 10.0 Å². The van der Waals surface area contributed by atoms with Crippen molar-refractivity contribution < 1.29 is 8.42 Å². The normalized spacial score (nSPS) is 27.5. The number of nitrogens with zero attached hydrogens (tertiary/aromatic N) is 3. The second-order valence-corrected chi connectivity index (χ2v) is 8.65. The van der Waals surface area contributed by atoms with Gasteiger partial charge in [0.05, 0.1) is 11.9 Å². The molecule has 1 spiro atoms. The Kier molecular flexibility index (Phi) is 4.27. The molecule has 2 fully saturated rings. The molecule has 2 aliphatic rings. The minimum atomic E-state index is -3.12. The third-order valence-electron chi connectivity index (χ3n) is 4.90. The van der Waals surface area contributed by atoms with Crippen molar-refractivity contribution in [3.05, 3.63) is 29.6 Å². The van der Waals surface area contributed by atoms with E-state index in [9.17, 15) is 8.42 Å².